The van der Waals surface area contributed by atoms with Gasteiger partial charge in [-0.15, -0.1) is 46.4 Å². The summed E-state index contributed by atoms with van der Waals surface area (Å²) in [5.74, 6) is -0.450. The summed E-state index contributed by atoms with van der Waals surface area (Å²) >= 11 is 50.0. The highest BCUT2D eigenvalue weighted by Crippen LogP contribution is 2.76. The van der Waals surface area contributed by atoms with Crippen LogP contribution in [0.5, 0.6) is 0 Å². The Balaban J connectivity index is 2.67. The zero-order valence-electron chi connectivity index (χ0n) is 8.31. The molecule has 1 saturated carbocycles. The lowest BCUT2D eigenvalue weighted by atomic mass is 9.93. The van der Waals surface area contributed by atoms with Crippen molar-refractivity contribution in [2.24, 2.45) is 5.92 Å². The average molecular weight is 414 g/mol. The molecule has 0 aliphatic heterocycles. The number of rotatable bonds is 1. The van der Waals surface area contributed by atoms with Gasteiger partial charge < -0.3 is 0 Å². The van der Waals surface area contributed by atoms with E-state index in [-0.39, 0.29) is 16.5 Å². The molecule has 0 saturated heterocycles. The van der Waals surface area contributed by atoms with Crippen molar-refractivity contribution in [3.8, 4) is 0 Å². The smallest absolute Gasteiger partial charge is 0.110 e. The van der Waals surface area contributed by atoms with Crippen LogP contribution in [0.1, 0.15) is 6.42 Å². The van der Waals surface area contributed by atoms with Gasteiger partial charge in [0.2, 0.25) is 0 Å². The van der Waals surface area contributed by atoms with Crippen LogP contribution in [0.25, 0.3) is 0 Å². The van der Waals surface area contributed by atoms with Crippen molar-refractivity contribution in [2.45, 2.75) is 24.5 Å². The molecular weight excluding hydrogens is 408 g/mol. The standard InChI is InChI=1S/C8H6Cl8Si/c9-3-4(10)6(12)2(7(13,14)17)1-5(3,11)8(6,15)16/h2H,1H2,17H3. The number of allylic oxidation sites excluding steroid dienone is 2. The van der Waals surface area contributed by atoms with E-state index in [2.05, 4.69) is 0 Å². The highest BCUT2D eigenvalue weighted by atomic mass is 35.5. The van der Waals surface area contributed by atoms with Gasteiger partial charge in [0.05, 0.1) is 10.1 Å². The number of hydrogen-bond donors (Lipinski definition) is 0. The third kappa shape index (κ3) is 1.71. The van der Waals surface area contributed by atoms with Gasteiger partial charge in [-0.1, -0.05) is 46.4 Å². The maximum atomic E-state index is 6.50. The summed E-state index contributed by atoms with van der Waals surface area (Å²) in [6.45, 7) is 0. The zero-order valence-corrected chi connectivity index (χ0v) is 16.4. The SMILES string of the molecule is [SiH3]C(Cl)(Cl)C1CC2(Cl)C(Cl)=C(Cl)C1(Cl)C2(Cl)Cl. The zero-order chi connectivity index (χ0) is 13.4. The predicted octanol–water partition coefficient (Wildman–Crippen LogP) is 4.34. The van der Waals surface area contributed by atoms with Crippen LogP contribution in [0.4, 0.5) is 0 Å². The van der Waals surface area contributed by atoms with Crippen molar-refractivity contribution >= 4 is 103 Å². The highest BCUT2D eigenvalue weighted by Gasteiger charge is 2.80. The molecule has 0 aromatic carbocycles. The van der Waals surface area contributed by atoms with Crippen molar-refractivity contribution in [1.82, 2.24) is 0 Å². The maximum absolute atomic E-state index is 6.50. The summed E-state index contributed by atoms with van der Waals surface area (Å²) in [7, 11) is 0.465. The molecule has 17 heavy (non-hydrogen) atoms. The molecular formula is C8H6Cl8Si. The number of halogens is 8. The monoisotopic (exact) mass is 410 g/mol. The molecule has 0 heterocycles. The lowest BCUT2D eigenvalue weighted by molar-refractivity contribution is 0.472. The average Bonchev–Trinajstić information content (AvgIpc) is 2.38. The second-order valence-corrected chi connectivity index (χ2v) is 12.4. The van der Waals surface area contributed by atoms with Crippen molar-refractivity contribution in [3.63, 3.8) is 0 Å². The van der Waals surface area contributed by atoms with Crippen LogP contribution >= 0.6 is 92.8 Å². The Hall–Kier alpha value is 2.28. The fourth-order valence-electron chi connectivity index (χ4n) is 2.44. The van der Waals surface area contributed by atoms with E-state index in [1.807, 2.05) is 0 Å². The molecule has 0 aromatic heterocycles. The first kappa shape index (κ1) is 15.7. The van der Waals surface area contributed by atoms with Crippen molar-refractivity contribution in [3.05, 3.63) is 10.1 Å². The van der Waals surface area contributed by atoms with E-state index in [4.69, 9.17) is 92.8 Å². The van der Waals surface area contributed by atoms with Crippen LogP contribution in [0, 0.1) is 5.92 Å². The quantitative estimate of drug-likeness (QED) is 0.443. The highest BCUT2D eigenvalue weighted by molar-refractivity contribution is 6.69. The lowest BCUT2D eigenvalue weighted by Crippen LogP contribution is -2.48. The third-order valence-electron chi connectivity index (χ3n) is 3.39. The summed E-state index contributed by atoms with van der Waals surface area (Å²) in [6.07, 6.45) is 0.288. The molecule has 3 atom stereocenters. The Morgan fingerprint density at radius 2 is 1.53 bits per heavy atom. The van der Waals surface area contributed by atoms with Gasteiger partial charge in [-0.25, -0.2) is 0 Å². The molecule has 0 aromatic rings. The van der Waals surface area contributed by atoms with Crippen LogP contribution in [0.15, 0.2) is 10.1 Å². The van der Waals surface area contributed by atoms with Crippen LogP contribution in [-0.4, -0.2) is 28.3 Å². The normalized spacial score (nSPS) is 44.8. The van der Waals surface area contributed by atoms with Gasteiger partial charge in [-0.2, -0.15) is 0 Å². The summed E-state index contributed by atoms with van der Waals surface area (Å²) in [4.78, 5) is -2.58. The topological polar surface area (TPSA) is 0 Å². The first-order valence-corrected chi connectivity index (χ1v) is 8.62. The predicted molar refractivity (Wildman–Crippen MR) is 82.8 cm³/mol. The minimum absolute atomic E-state index is 0.138. The fraction of sp³-hybridized carbons (Fsp3) is 0.750. The summed E-state index contributed by atoms with van der Waals surface area (Å²) in [5.41, 5.74) is 0. The first-order chi connectivity index (χ1) is 7.40. The van der Waals surface area contributed by atoms with Gasteiger partial charge in [-0.3, -0.25) is 0 Å². The molecule has 2 aliphatic carbocycles. The summed E-state index contributed by atoms with van der Waals surface area (Å²) in [5, 5.41) is 0.315. The van der Waals surface area contributed by atoms with Gasteiger partial charge in [0, 0.05) is 16.2 Å². The van der Waals surface area contributed by atoms with Gasteiger partial charge in [0.1, 0.15) is 13.7 Å². The molecule has 98 valence electrons. The van der Waals surface area contributed by atoms with E-state index in [0.717, 1.165) is 0 Å². The van der Waals surface area contributed by atoms with E-state index >= 15 is 0 Å². The molecule has 0 spiro atoms. The minimum atomic E-state index is -1.54. The molecule has 3 unspecified atom stereocenters. The van der Waals surface area contributed by atoms with Gasteiger partial charge in [0.15, 0.2) is 4.33 Å². The van der Waals surface area contributed by atoms with Crippen molar-refractivity contribution in [1.29, 1.82) is 0 Å². The first-order valence-electron chi connectivity index (χ1n) is 4.60. The lowest BCUT2D eigenvalue weighted by Gasteiger charge is -2.38. The Labute approximate surface area is 142 Å². The Kier molecular flexibility index (Phi) is 3.82. The number of fused-ring (bicyclic) bond motifs is 2. The second kappa shape index (κ2) is 4.15. The molecule has 1 fully saturated rings. The fourth-order valence-corrected chi connectivity index (χ4v) is 6.74. The van der Waals surface area contributed by atoms with Gasteiger partial charge >= 0.3 is 0 Å². The van der Waals surface area contributed by atoms with Crippen molar-refractivity contribution in [2.75, 3.05) is 0 Å². The second-order valence-electron chi connectivity index (χ2n) is 4.43. The number of hydrogen-bond acceptors (Lipinski definition) is 0. The Morgan fingerprint density at radius 3 is 1.82 bits per heavy atom. The summed E-state index contributed by atoms with van der Waals surface area (Å²) < 4.78 is -2.58. The van der Waals surface area contributed by atoms with Gasteiger partial charge in [0.25, 0.3) is 0 Å². The molecule has 0 nitrogen and oxygen atoms in total. The van der Waals surface area contributed by atoms with Crippen LogP contribution in [0.2, 0.25) is 0 Å². The van der Waals surface area contributed by atoms with E-state index in [1.54, 1.807) is 0 Å². The molecule has 2 aliphatic rings. The molecule has 0 amide bonds. The van der Waals surface area contributed by atoms with Gasteiger partial charge in [-0.05, 0) is 6.42 Å². The largest absolute Gasteiger partial charge is 0.166 e. The van der Waals surface area contributed by atoms with E-state index < -0.39 is 24.0 Å². The molecule has 0 radical (unpaired) electrons. The minimum Gasteiger partial charge on any atom is -0.110 e. The molecule has 2 bridgehead atoms. The third-order valence-corrected chi connectivity index (χ3v) is 8.90. The molecule has 0 N–H and O–H groups in total. The van der Waals surface area contributed by atoms with Crippen molar-refractivity contribution < 1.29 is 0 Å². The Morgan fingerprint density at radius 1 is 1.06 bits per heavy atom. The van der Waals surface area contributed by atoms with Crippen LogP contribution < -0.4 is 0 Å². The van der Waals surface area contributed by atoms with E-state index in [1.165, 1.54) is 0 Å². The maximum Gasteiger partial charge on any atom is 0.166 e. The Bertz CT molecular complexity index is 412. The molecule has 9 heteroatoms. The summed E-state index contributed by atoms with van der Waals surface area (Å²) in [6, 6.07) is 0. The van der Waals surface area contributed by atoms with Crippen LogP contribution in [-0.2, 0) is 0 Å². The van der Waals surface area contributed by atoms with E-state index in [9.17, 15) is 0 Å². The van der Waals surface area contributed by atoms with E-state index in [0.29, 0.717) is 10.2 Å². The number of alkyl halides is 6. The molecule has 2 rings (SSSR count). The van der Waals surface area contributed by atoms with Crippen LogP contribution in [0.3, 0.4) is 0 Å².